The number of hydrogen-bond acceptors (Lipinski definition) is 6. The average molecular weight is 451 g/mol. The molecule has 2 N–H and O–H groups in total. The molecule has 1 aromatic carbocycles. The van der Waals surface area contributed by atoms with Crippen molar-refractivity contribution in [1.82, 2.24) is 19.5 Å². The van der Waals surface area contributed by atoms with Crippen molar-refractivity contribution in [2.75, 3.05) is 36.4 Å². The molecule has 0 aliphatic carbocycles. The van der Waals surface area contributed by atoms with Gasteiger partial charge in [-0.25, -0.2) is 4.98 Å². The molecular formula is C24H30N6O3. The Balaban J connectivity index is 1.61. The van der Waals surface area contributed by atoms with Crippen LogP contribution in [0.2, 0.25) is 0 Å². The Hall–Kier alpha value is -3.46. The zero-order valence-corrected chi connectivity index (χ0v) is 19.5. The van der Waals surface area contributed by atoms with E-state index in [0.29, 0.717) is 30.1 Å². The number of carbonyl (C=O) groups is 2. The fourth-order valence-corrected chi connectivity index (χ4v) is 4.04. The second-order valence-corrected chi connectivity index (χ2v) is 8.99. The zero-order chi connectivity index (χ0) is 23.8. The molecular weight excluding hydrogens is 420 g/mol. The van der Waals surface area contributed by atoms with Crippen molar-refractivity contribution < 1.29 is 14.7 Å². The molecule has 0 saturated carbocycles. The molecule has 1 saturated heterocycles. The van der Waals surface area contributed by atoms with Crippen molar-refractivity contribution in [1.29, 1.82) is 0 Å². The molecule has 1 aliphatic rings. The maximum atomic E-state index is 12.9. The minimum atomic E-state index is -0.971. The van der Waals surface area contributed by atoms with E-state index in [4.69, 9.17) is 0 Å². The molecule has 2 amide bonds. The number of aromatic nitrogens is 3. The molecule has 0 radical (unpaired) electrons. The maximum absolute atomic E-state index is 12.9. The topological polar surface area (TPSA) is 103 Å². The van der Waals surface area contributed by atoms with Crippen LogP contribution in [-0.2, 0) is 10.4 Å². The van der Waals surface area contributed by atoms with E-state index in [1.165, 1.54) is 0 Å². The second-order valence-electron chi connectivity index (χ2n) is 8.99. The Morgan fingerprint density at radius 2 is 1.79 bits per heavy atom. The van der Waals surface area contributed by atoms with Gasteiger partial charge in [0.25, 0.3) is 5.91 Å². The summed E-state index contributed by atoms with van der Waals surface area (Å²) >= 11 is 0. The summed E-state index contributed by atoms with van der Waals surface area (Å²) in [6.45, 7) is 9.71. The van der Waals surface area contributed by atoms with Gasteiger partial charge in [0, 0.05) is 50.8 Å². The van der Waals surface area contributed by atoms with E-state index < -0.39 is 5.60 Å². The van der Waals surface area contributed by atoms with Crippen LogP contribution < -0.4 is 10.2 Å². The first-order valence-corrected chi connectivity index (χ1v) is 11.1. The third-order valence-electron chi connectivity index (χ3n) is 5.89. The number of amides is 2. The van der Waals surface area contributed by atoms with Gasteiger partial charge in [-0.15, -0.1) is 0 Å². The third kappa shape index (κ3) is 4.98. The molecule has 1 aliphatic heterocycles. The predicted octanol–water partition coefficient (Wildman–Crippen LogP) is 2.58. The second kappa shape index (κ2) is 8.82. The van der Waals surface area contributed by atoms with Crippen molar-refractivity contribution in [2.24, 2.45) is 0 Å². The van der Waals surface area contributed by atoms with Crippen molar-refractivity contribution in [3.05, 3.63) is 53.2 Å². The van der Waals surface area contributed by atoms with Crippen molar-refractivity contribution in [3.63, 3.8) is 0 Å². The number of nitrogens with one attached hydrogen (secondary N) is 1. The lowest BCUT2D eigenvalue weighted by Gasteiger charge is -2.24. The van der Waals surface area contributed by atoms with Gasteiger partial charge in [0.1, 0.15) is 11.6 Å². The molecule has 2 aromatic heterocycles. The minimum Gasteiger partial charge on any atom is -0.386 e. The summed E-state index contributed by atoms with van der Waals surface area (Å²) in [4.78, 5) is 33.3. The van der Waals surface area contributed by atoms with Crippen LogP contribution in [0.15, 0.2) is 36.4 Å². The lowest BCUT2D eigenvalue weighted by Crippen LogP contribution is -2.34. The van der Waals surface area contributed by atoms with Gasteiger partial charge in [-0.2, -0.15) is 9.61 Å². The van der Waals surface area contributed by atoms with Crippen LogP contribution in [0.1, 0.15) is 48.8 Å². The molecule has 0 atom stereocenters. The lowest BCUT2D eigenvalue weighted by molar-refractivity contribution is -0.128. The highest BCUT2D eigenvalue weighted by Crippen LogP contribution is 2.24. The van der Waals surface area contributed by atoms with Crippen LogP contribution in [-0.4, -0.2) is 62.6 Å². The number of nitrogens with zero attached hydrogens (tertiary/aromatic N) is 5. The molecule has 9 heteroatoms. The number of aryl methyl sites for hydroxylation is 1. The molecule has 0 spiro atoms. The summed E-state index contributed by atoms with van der Waals surface area (Å²) in [6, 6.07) is 10.6. The summed E-state index contributed by atoms with van der Waals surface area (Å²) in [5, 5.41) is 17.6. The highest BCUT2D eigenvalue weighted by Gasteiger charge is 2.21. The highest BCUT2D eigenvalue weighted by atomic mass is 16.3. The molecule has 1 fully saturated rings. The van der Waals surface area contributed by atoms with E-state index in [-0.39, 0.29) is 11.8 Å². The summed E-state index contributed by atoms with van der Waals surface area (Å²) in [7, 11) is 0. The predicted molar refractivity (Wildman–Crippen MR) is 126 cm³/mol. The van der Waals surface area contributed by atoms with Crippen LogP contribution in [0, 0.1) is 6.92 Å². The fourth-order valence-electron chi connectivity index (χ4n) is 4.04. The van der Waals surface area contributed by atoms with Crippen LogP contribution in [0.4, 0.5) is 11.6 Å². The molecule has 174 valence electrons. The molecule has 4 rings (SSSR count). The fraction of sp³-hybridized carbons (Fsp3) is 0.417. The van der Waals surface area contributed by atoms with E-state index >= 15 is 0 Å². The molecule has 9 nitrogen and oxygen atoms in total. The largest absolute Gasteiger partial charge is 0.386 e. The van der Waals surface area contributed by atoms with Gasteiger partial charge in [0.2, 0.25) is 5.91 Å². The van der Waals surface area contributed by atoms with Crippen LogP contribution in [0.5, 0.6) is 0 Å². The zero-order valence-electron chi connectivity index (χ0n) is 19.5. The monoisotopic (exact) mass is 450 g/mol. The SMILES string of the molecule is CC(=O)N1CCCN(c2cc(NC(=O)c3ccc(C(C)(C)O)cc3)nc3cc(C)nn23)CC1. The smallest absolute Gasteiger partial charge is 0.256 e. The lowest BCUT2D eigenvalue weighted by atomic mass is 9.97. The highest BCUT2D eigenvalue weighted by molar-refractivity contribution is 6.04. The van der Waals surface area contributed by atoms with Gasteiger partial charge < -0.3 is 20.2 Å². The number of anilines is 2. The Morgan fingerprint density at radius 1 is 1.06 bits per heavy atom. The van der Waals surface area contributed by atoms with Gasteiger partial charge in [-0.1, -0.05) is 12.1 Å². The van der Waals surface area contributed by atoms with E-state index in [1.54, 1.807) is 49.6 Å². The summed E-state index contributed by atoms with van der Waals surface area (Å²) in [5.41, 5.74) is 1.71. The van der Waals surface area contributed by atoms with Crippen LogP contribution in [0.3, 0.4) is 0 Å². The number of carbonyl (C=O) groups excluding carboxylic acids is 2. The van der Waals surface area contributed by atoms with E-state index in [0.717, 1.165) is 36.6 Å². The Morgan fingerprint density at radius 3 is 2.45 bits per heavy atom. The molecule has 0 bridgehead atoms. The average Bonchev–Trinajstić information content (AvgIpc) is 2.96. The number of fused-ring (bicyclic) bond motifs is 1. The first-order valence-electron chi connectivity index (χ1n) is 11.1. The van der Waals surface area contributed by atoms with Crippen molar-refractivity contribution in [2.45, 2.75) is 39.7 Å². The standard InChI is InChI=1S/C24H30N6O3/c1-16-14-21-25-20(26-23(32)18-6-8-19(9-7-18)24(3,4)33)15-22(30(21)27-16)29-11-5-10-28(12-13-29)17(2)31/h6-9,14-15,33H,5,10-13H2,1-4H3,(H,25,26,32). The third-order valence-corrected chi connectivity index (χ3v) is 5.89. The number of aliphatic hydroxyl groups is 1. The summed E-state index contributed by atoms with van der Waals surface area (Å²) in [5.74, 6) is 1.05. The molecule has 3 aromatic rings. The van der Waals surface area contributed by atoms with Crippen molar-refractivity contribution in [3.8, 4) is 0 Å². The van der Waals surface area contributed by atoms with Gasteiger partial charge in [0.05, 0.1) is 11.3 Å². The van der Waals surface area contributed by atoms with Gasteiger partial charge in [0.15, 0.2) is 5.65 Å². The molecule has 0 unspecified atom stereocenters. The summed E-state index contributed by atoms with van der Waals surface area (Å²) in [6.07, 6.45) is 0.846. The van der Waals surface area contributed by atoms with E-state index in [9.17, 15) is 14.7 Å². The number of benzene rings is 1. The van der Waals surface area contributed by atoms with Gasteiger partial charge in [-0.3, -0.25) is 9.59 Å². The molecule has 3 heterocycles. The van der Waals surface area contributed by atoms with Crippen molar-refractivity contribution >= 4 is 29.1 Å². The minimum absolute atomic E-state index is 0.0789. The first kappa shape index (κ1) is 22.7. The van der Waals surface area contributed by atoms with E-state index in [2.05, 4.69) is 20.3 Å². The summed E-state index contributed by atoms with van der Waals surface area (Å²) < 4.78 is 1.78. The Labute approximate surface area is 193 Å². The Kier molecular flexibility index (Phi) is 6.07. The Bertz CT molecular complexity index is 1180. The van der Waals surface area contributed by atoms with Crippen LogP contribution in [0.25, 0.3) is 5.65 Å². The number of rotatable bonds is 4. The van der Waals surface area contributed by atoms with Gasteiger partial charge >= 0.3 is 0 Å². The normalized spacial score (nSPS) is 14.9. The van der Waals surface area contributed by atoms with Gasteiger partial charge in [-0.05, 0) is 44.9 Å². The van der Waals surface area contributed by atoms with E-state index in [1.807, 2.05) is 24.0 Å². The van der Waals surface area contributed by atoms with Crippen LogP contribution >= 0.6 is 0 Å². The molecule has 33 heavy (non-hydrogen) atoms. The quantitative estimate of drug-likeness (QED) is 0.633. The maximum Gasteiger partial charge on any atom is 0.256 e. The number of hydrogen-bond donors (Lipinski definition) is 2. The first-order chi connectivity index (χ1) is 15.6.